The molecule has 1 aliphatic heterocycles. The van der Waals surface area contributed by atoms with Crippen molar-refractivity contribution in [3.63, 3.8) is 0 Å². The Hall–Kier alpha value is -2.44. The van der Waals surface area contributed by atoms with Crippen LogP contribution in [0.1, 0.15) is 37.1 Å². The van der Waals surface area contributed by atoms with Crippen LogP contribution in [-0.2, 0) is 4.74 Å². The van der Waals surface area contributed by atoms with E-state index in [4.69, 9.17) is 4.74 Å². The molecule has 1 aromatic carbocycles. The van der Waals surface area contributed by atoms with Gasteiger partial charge in [-0.15, -0.1) is 0 Å². The maximum absolute atomic E-state index is 12.2. The number of carbonyl (C=O) groups excluding carboxylic acids is 1. The zero-order valence-electron chi connectivity index (χ0n) is 15.3. The lowest BCUT2D eigenvalue weighted by Gasteiger charge is -2.32. The minimum absolute atomic E-state index is 0.0846. The maximum atomic E-state index is 12.2. The summed E-state index contributed by atoms with van der Waals surface area (Å²) in [6.07, 6.45) is 3.44. The van der Waals surface area contributed by atoms with Crippen molar-refractivity contribution >= 4 is 11.7 Å². The van der Waals surface area contributed by atoms with Gasteiger partial charge in [0.15, 0.2) is 0 Å². The molecular weight excluding hydrogens is 328 g/mol. The minimum Gasteiger partial charge on any atom is -0.379 e. The number of aromatic nitrogens is 1. The SMILES string of the molecule is CC(NC(=O)Nc1ccc(C(C)N2CCOCC2)cc1)c1ccncc1. The molecule has 2 heterocycles. The first-order chi connectivity index (χ1) is 12.6. The van der Waals surface area contributed by atoms with E-state index in [1.54, 1.807) is 12.4 Å². The summed E-state index contributed by atoms with van der Waals surface area (Å²) < 4.78 is 5.41. The standard InChI is InChI=1S/C20H26N4O2/c1-15(17-7-9-21-10-8-17)22-20(25)23-19-5-3-18(4-6-19)16(2)24-11-13-26-14-12-24/h3-10,15-16H,11-14H2,1-2H3,(H2,22,23,25). The Morgan fingerprint density at radius 1 is 1.04 bits per heavy atom. The molecule has 2 atom stereocenters. The van der Waals surface area contributed by atoms with Gasteiger partial charge in [-0.2, -0.15) is 0 Å². The molecule has 2 N–H and O–H groups in total. The quantitative estimate of drug-likeness (QED) is 0.864. The second-order valence-electron chi connectivity index (χ2n) is 6.55. The van der Waals surface area contributed by atoms with E-state index in [0.717, 1.165) is 37.6 Å². The van der Waals surface area contributed by atoms with Crippen molar-refractivity contribution in [2.75, 3.05) is 31.6 Å². The van der Waals surface area contributed by atoms with Gasteiger partial charge in [-0.25, -0.2) is 4.79 Å². The van der Waals surface area contributed by atoms with E-state index in [1.807, 2.05) is 31.2 Å². The molecule has 1 aromatic heterocycles. The molecule has 138 valence electrons. The third-order valence-corrected chi connectivity index (χ3v) is 4.80. The van der Waals surface area contributed by atoms with E-state index in [9.17, 15) is 4.79 Å². The van der Waals surface area contributed by atoms with Gasteiger partial charge in [0.25, 0.3) is 0 Å². The number of nitrogens with zero attached hydrogens (tertiary/aromatic N) is 2. The topological polar surface area (TPSA) is 66.5 Å². The van der Waals surface area contributed by atoms with Gasteiger partial charge >= 0.3 is 6.03 Å². The largest absolute Gasteiger partial charge is 0.379 e. The fourth-order valence-electron chi connectivity index (χ4n) is 3.12. The summed E-state index contributed by atoms with van der Waals surface area (Å²) in [6, 6.07) is 11.9. The summed E-state index contributed by atoms with van der Waals surface area (Å²) in [4.78, 5) is 18.6. The first-order valence-corrected chi connectivity index (χ1v) is 9.02. The van der Waals surface area contributed by atoms with Gasteiger partial charge in [-0.05, 0) is 49.2 Å². The van der Waals surface area contributed by atoms with Crippen LogP contribution in [0.25, 0.3) is 0 Å². The summed E-state index contributed by atoms with van der Waals surface area (Å²) in [5, 5.41) is 5.82. The molecule has 0 bridgehead atoms. The van der Waals surface area contributed by atoms with E-state index >= 15 is 0 Å². The highest BCUT2D eigenvalue weighted by molar-refractivity contribution is 5.89. The predicted molar refractivity (Wildman–Crippen MR) is 102 cm³/mol. The number of benzene rings is 1. The molecule has 3 rings (SSSR count). The lowest BCUT2D eigenvalue weighted by atomic mass is 10.1. The molecule has 26 heavy (non-hydrogen) atoms. The molecule has 2 amide bonds. The van der Waals surface area contributed by atoms with Crippen LogP contribution < -0.4 is 10.6 Å². The number of morpholine rings is 1. The predicted octanol–water partition coefficient (Wildman–Crippen LogP) is 3.36. The monoisotopic (exact) mass is 354 g/mol. The summed E-state index contributed by atoms with van der Waals surface area (Å²) in [6.45, 7) is 7.64. The summed E-state index contributed by atoms with van der Waals surface area (Å²) in [5.41, 5.74) is 3.04. The Morgan fingerprint density at radius 2 is 1.69 bits per heavy atom. The average molecular weight is 354 g/mol. The Balaban J connectivity index is 1.54. The highest BCUT2D eigenvalue weighted by Gasteiger charge is 2.18. The highest BCUT2D eigenvalue weighted by Crippen LogP contribution is 2.22. The molecule has 6 heteroatoms. The van der Waals surface area contributed by atoms with E-state index < -0.39 is 0 Å². The van der Waals surface area contributed by atoms with Gasteiger partial charge in [0.2, 0.25) is 0 Å². The summed E-state index contributed by atoms with van der Waals surface area (Å²) >= 11 is 0. The lowest BCUT2D eigenvalue weighted by Crippen LogP contribution is -2.38. The first kappa shape index (κ1) is 18.4. The number of hydrogen-bond acceptors (Lipinski definition) is 4. The second-order valence-corrected chi connectivity index (χ2v) is 6.55. The zero-order valence-corrected chi connectivity index (χ0v) is 15.3. The number of carbonyl (C=O) groups is 1. The smallest absolute Gasteiger partial charge is 0.319 e. The molecule has 1 aliphatic rings. The lowest BCUT2D eigenvalue weighted by molar-refractivity contribution is 0.0198. The molecule has 0 aliphatic carbocycles. The number of pyridine rings is 1. The van der Waals surface area contributed by atoms with Crippen LogP contribution in [0.15, 0.2) is 48.8 Å². The summed E-state index contributed by atoms with van der Waals surface area (Å²) in [5.74, 6) is 0. The molecule has 1 saturated heterocycles. The van der Waals surface area contributed by atoms with Crippen LogP contribution in [0, 0.1) is 0 Å². The van der Waals surface area contributed by atoms with Gasteiger partial charge in [0.05, 0.1) is 19.3 Å². The molecule has 2 aromatic rings. The third-order valence-electron chi connectivity index (χ3n) is 4.80. The van der Waals surface area contributed by atoms with Crippen molar-refractivity contribution < 1.29 is 9.53 Å². The van der Waals surface area contributed by atoms with E-state index in [-0.39, 0.29) is 12.1 Å². The van der Waals surface area contributed by atoms with Crippen molar-refractivity contribution in [2.24, 2.45) is 0 Å². The van der Waals surface area contributed by atoms with Crippen LogP contribution in [0.4, 0.5) is 10.5 Å². The van der Waals surface area contributed by atoms with E-state index in [2.05, 4.69) is 39.6 Å². The van der Waals surface area contributed by atoms with Crippen LogP contribution in [0.5, 0.6) is 0 Å². The van der Waals surface area contributed by atoms with E-state index in [0.29, 0.717) is 6.04 Å². The molecule has 0 spiro atoms. The minimum atomic E-state index is -0.219. The van der Waals surface area contributed by atoms with Crippen LogP contribution in [-0.4, -0.2) is 42.2 Å². The Kier molecular flexibility index (Phi) is 6.20. The second kappa shape index (κ2) is 8.78. The molecule has 0 radical (unpaired) electrons. The average Bonchev–Trinajstić information content (AvgIpc) is 2.69. The van der Waals surface area contributed by atoms with Crippen molar-refractivity contribution in [1.29, 1.82) is 0 Å². The van der Waals surface area contributed by atoms with Gasteiger partial charge in [0.1, 0.15) is 0 Å². The van der Waals surface area contributed by atoms with Gasteiger partial charge in [0, 0.05) is 37.2 Å². The number of rotatable bonds is 5. The van der Waals surface area contributed by atoms with Crippen molar-refractivity contribution in [3.05, 3.63) is 59.9 Å². The maximum Gasteiger partial charge on any atom is 0.319 e. The van der Waals surface area contributed by atoms with Crippen molar-refractivity contribution in [2.45, 2.75) is 25.9 Å². The fourth-order valence-corrected chi connectivity index (χ4v) is 3.12. The normalized spacial score (nSPS) is 17.3. The number of amides is 2. The number of ether oxygens (including phenoxy) is 1. The molecule has 0 saturated carbocycles. The van der Waals surface area contributed by atoms with Crippen molar-refractivity contribution in [3.8, 4) is 0 Å². The van der Waals surface area contributed by atoms with Crippen LogP contribution >= 0.6 is 0 Å². The van der Waals surface area contributed by atoms with Crippen LogP contribution in [0.2, 0.25) is 0 Å². The summed E-state index contributed by atoms with van der Waals surface area (Å²) in [7, 11) is 0. The van der Waals surface area contributed by atoms with Gasteiger partial charge in [-0.1, -0.05) is 12.1 Å². The number of anilines is 1. The Bertz CT molecular complexity index is 700. The van der Waals surface area contributed by atoms with Gasteiger partial charge < -0.3 is 15.4 Å². The van der Waals surface area contributed by atoms with Crippen LogP contribution in [0.3, 0.4) is 0 Å². The van der Waals surface area contributed by atoms with E-state index in [1.165, 1.54) is 5.56 Å². The molecule has 6 nitrogen and oxygen atoms in total. The molecule has 1 fully saturated rings. The number of urea groups is 1. The number of nitrogens with one attached hydrogen (secondary N) is 2. The Morgan fingerprint density at radius 3 is 2.35 bits per heavy atom. The fraction of sp³-hybridized carbons (Fsp3) is 0.400. The Labute approximate surface area is 154 Å². The third kappa shape index (κ3) is 4.80. The number of hydrogen-bond donors (Lipinski definition) is 2. The van der Waals surface area contributed by atoms with Gasteiger partial charge in [-0.3, -0.25) is 9.88 Å². The molecule has 2 unspecified atom stereocenters. The highest BCUT2D eigenvalue weighted by atomic mass is 16.5. The zero-order chi connectivity index (χ0) is 18.4. The molecular formula is C20H26N4O2. The first-order valence-electron chi connectivity index (χ1n) is 9.02. The van der Waals surface area contributed by atoms with Crippen molar-refractivity contribution in [1.82, 2.24) is 15.2 Å².